The van der Waals surface area contributed by atoms with Crippen LogP contribution in [-0.2, 0) is 27.7 Å². The Bertz CT molecular complexity index is 1390. The third-order valence-electron chi connectivity index (χ3n) is 6.17. The van der Waals surface area contributed by atoms with Crippen LogP contribution < -0.4 is 4.74 Å². The van der Waals surface area contributed by atoms with Crippen LogP contribution >= 0.6 is 0 Å². The van der Waals surface area contributed by atoms with Crippen molar-refractivity contribution in [1.29, 1.82) is 0 Å². The second-order valence-electron chi connectivity index (χ2n) is 8.56. The second kappa shape index (κ2) is 10.1. The summed E-state index contributed by atoms with van der Waals surface area (Å²) in [6.07, 6.45) is 0.752. The lowest BCUT2D eigenvalue weighted by molar-refractivity contribution is 0.0526. The SMILES string of the molecule is CCOC(=O)c1ccc2c(c1)C(c1cccc(S(=O)(=O)N(C)Cc3ccc(OC)cc3)c1)=C(C)C2. The van der Waals surface area contributed by atoms with Gasteiger partial charge in [-0.15, -0.1) is 0 Å². The maximum atomic E-state index is 13.4. The van der Waals surface area contributed by atoms with Crippen molar-refractivity contribution in [2.75, 3.05) is 20.8 Å². The van der Waals surface area contributed by atoms with E-state index in [2.05, 4.69) is 0 Å². The zero-order valence-electron chi connectivity index (χ0n) is 20.4. The van der Waals surface area contributed by atoms with E-state index in [0.717, 1.165) is 45.6 Å². The van der Waals surface area contributed by atoms with Gasteiger partial charge in [0.2, 0.25) is 10.0 Å². The van der Waals surface area contributed by atoms with Gasteiger partial charge in [0.1, 0.15) is 5.75 Å². The van der Waals surface area contributed by atoms with E-state index in [1.807, 2.05) is 49.4 Å². The molecule has 0 heterocycles. The molecule has 4 rings (SSSR count). The highest BCUT2D eigenvalue weighted by Gasteiger charge is 2.25. The quantitative estimate of drug-likeness (QED) is 0.412. The summed E-state index contributed by atoms with van der Waals surface area (Å²) >= 11 is 0. The molecule has 1 aliphatic rings. The molecule has 0 unspecified atom stereocenters. The summed E-state index contributed by atoms with van der Waals surface area (Å²) in [6, 6.07) is 19.9. The molecule has 7 heteroatoms. The standard InChI is InChI=1S/C28H29NO5S/c1-5-34-28(30)23-12-11-21-15-19(2)27(26(21)17-23)22-7-6-8-25(16-22)35(31,32)29(3)18-20-9-13-24(33-4)14-10-20/h6-14,16-17H,5,15,18H2,1-4H3. The van der Waals surface area contributed by atoms with Gasteiger partial charge in [0.25, 0.3) is 0 Å². The molecule has 1 aliphatic carbocycles. The van der Waals surface area contributed by atoms with Crippen molar-refractivity contribution < 1.29 is 22.7 Å². The van der Waals surface area contributed by atoms with E-state index < -0.39 is 10.0 Å². The van der Waals surface area contributed by atoms with E-state index in [1.165, 1.54) is 4.31 Å². The molecular formula is C28H29NO5S. The van der Waals surface area contributed by atoms with E-state index >= 15 is 0 Å². The highest BCUT2D eigenvalue weighted by Crippen LogP contribution is 2.38. The number of hydrogen-bond acceptors (Lipinski definition) is 5. The number of sulfonamides is 1. The minimum atomic E-state index is -3.72. The molecule has 35 heavy (non-hydrogen) atoms. The number of allylic oxidation sites excluding steroid dienone is 1. The molecular weight excluding hydrogens is 462 g/mol. The molecule has 3 aromatic rings. The molecule has 0 bridgehead atoms. The van der Waals surface area contributed by atoms with Crippen LogP contribution in [0.4, 0.5) is 0 Å². The topological polar surface area (TPSA) is 72.9 Å². The number of carbonyl (C=O) groups is 1. The fraction of sp³-hybridized carbons (Fsp3) is 0.250. The Morgan fingerprint density at radius 3 is 2.46 bits per heavy atom. The molecule has 0 fully saturated rings. The molecule has 0 spiro atoms. The normalized spacial score (nSPS) is 13.2. The van der Waals surface area contributed by atoms with Gasteiger partial charge < -0.3 is 9.47 Å². The van der Waals surface area contributed by atoms with Crippen molar-refractivity contribution in [2.24, 2.45) is 0 Å². The predicted octanol–water partition coefficient (Wildman–Crippen LogP) is 5.07. The molecule has 0 radical (unpaired) electrons. The van der Waals surface area contributed by atoms with Crippen LogP contribution in [-0.4, -0.2) is 39.5 Å². The molecule has 0 N–H and O–H groups in total. The minimum Gasteiger partial charge on any atom is -0.497 e. The van der Waals surface area contributed by atoms with Crippen LogP contribution in [0.25, 0.3) is 5.57 Å². The first-order valence-corrected chi connectivity index (χ1v) is 12.9. The summed E-state index contributed by atoms with van der Waals surface area (Å²) in [6.45, 7) is 4.36. The van der Waals surface area contributed by atoms with Crippen molar-refractivity contribution in [3.63, 3.8) is 0 Å². The largest absolute Gasteiger partial charge is 0.497 e. The van der Waals surface area contributed by atoms with Gasteiger partial charge in [-0.3, -0.25) is 0 Å². The highest BCUT2D eigenvalue weighted by atomic mass is 32.2. The second-order valence-corrected chi connectivity index (χ2v) is 10.6. The van der Waals surface area contributed by atoms with Crippen LogP contribution in [0.15, 0.2) is 77.2 Å². The number of esters is 1. The van der Waals surface area contributed by atoms with E-state index in [4.69, 9.17) is 9.47 Å². The summed E-state index contributed by atoms with van der Waals surface area (Å²) in [4.78, 5) is 12.5. The van der Waals surface area contributed by atoms with Crippen molar-refractivity contribution >= 4 is 21.6 Å². The van der Waals surface area contributed by atoms with E-state index in [-0.39, 0.29) is 17.4 Å². The van der Waals surface area contributed by atoms with Crippen molar-refractivity contribution in [1.82, 2.24) is 4.31 Å². The number of ether oxygens (including phenoxy) is 2. The van der Waals surface area contributed by atoms with E-state index in [0.29, 0.717) is 12.2 Å². The third-order valence-corrected chi connectivity index (χ3v) is 7.97. The maximum absolute atomic E-state index is 13.4. The molecule has 3 aromatic carbocycles. The molecule has 182 valence electrons. The number of rotatable bonds is 8. The van der Waals surface area contributed by atoms with Gasteiger partial charge in [0.05, 0.1) is 24.2 Å². The summed E-state index contributed by atoms with van der Waals surface area (Å²) in [7, 11) is -0.553. The van der Waals surface area contributed by atoms with Crippen LogP contribution in [0.2, 0.25) is 0 Å². The minimum absolute atomic E-state index is 0.223. The Kier molecular flexibility index (Phi) is 7.10. The van der Waals surface area contributed by atoms with Crippen molar-refractivity contribution in [3.05, 3.63) is 100 Å². The molecule has 0 aliphatic heterocycles. The Morgan fingerprint density at radius 1 is 1.03 bits per heavy atom. The van der Waals surface area contributed by atoms with Gasteiger partial charge in [-0.1, -0.05) is 35.9 Å². The highest BCUT2D eigenvalue weighted by molar-refractivity contribution is 7.89. The molecule has 0 saturated heterocycles. The van der Waals surface area contributed by atoms with Gasteiger partial charge >= 0.3 is 5.97 Å². The monoisotopic (exact) mass is 491 g/mol. The van der Waals surface area contributed by atoms with E-state index in [1.54, 1.807) is 45.3 Å². The molecule has 0 aromatic heterocycles. The number of methoxy groups -OCH3 is 1. The van der Waals surface area contributed by atoms with E-state index in [9.17, 15) is 13.2 Å². The van der Waals surface area contributed by atoms with Crippen LogP contribution in [0.1, 0.15) is 46.5 Å². The first-order valence-electron chi connectivity index (χ1n) is 11.4. The Hall–Kier alpha value is -3.42. The van der Waals surface area contributed by atoms with Gasteiger partial charge in [0.15, 0.2) is 0 Å². The van der Waals surface area contributed by atoms with Crippen LogP contribution in [0.3, 0.4) is 0 Å². The van der Waals surface area contributed by atoms with Crippen LogP contribution in [0.5, 0.6) is 5.75 Å². The molecule has 0 saturated carbocycles. The zero-order valence-corrected chi connectivity index (χ0v) is 21.2. The number of hydrogen-bond donors (Lipinski definition) is 0. The smallest absolute Gasteiger partial charge is 0.338 e. The molecule has 0 atom stereocenters. The summed E-state index contributed by atoms with van der Waals surface area (Å²) in [5.74, 6) is 0.356. The zero-order chi connectivity index (χ0) is 25.2. The molecule has 0 amide bonds. The van der Waals surface area contributed by atoms with Gasteiger partial charge in [-0.25, -0.2) is 13.2 Å². The lowest BCUT2D eigenvalue weighted by atomic mass is 9.96. The molecule has 6 nitrogen and oxygen atoms in total. The van der Waals surface area contributed by atoms with Gasteiger partial charge in [-0.05, 0) is 84.5 Å². The van der Waals surface area contributed by atoms with Gasteiger partial charge in [-0.2, -0.15) is 4.31 Å². The van der Waals surface area contributed by atoms with Crippen molar-refractivity contribution in [2.45, 2.75) is 31.7 Å². The summed E-state index contributed by atoms with van der Waals surface area (Å²) in [5, 5.41) is 0. The summed E-state index contributed by atoms with van der Waals surface area (Å²) < 4.78 is 38.5. The fourth-order valence-corrected chi connectivity index (χ4v) is 5.58. The average molecular weight is 492 g/mol. The fourth-order valence-electron chi connectivity index (χ4n) is 4.38. The lowest BCUT2D eigenvalue weighted by Gasteiger charge is -2.18. The van der Waals surface area contributed by atoms with Crippen LogP contribution in [0, 0.1) is 0 Å². The predicted molar refractivity (Wildman–Crippen MR) is 136 cm³/mol. The maximum Gasteiger partial charge on any atom is 0.338 e. The Morgan fingerprint density at radius 2 is 1.77 bits per heavy atom. The number of benzene rings is 3. The average Bonchev–Trinajstić information content (AvgIpc) is 3.19. The first-order chi connectivity index (χ1) is 16.7. The number of carbonyl (C=O) groups excluding carboxylic acids is 1. The van der Waals surface area contributed by atoms with Crippen molar-refractivity contribution in [3.8, 4) is 5.75 Å². The third kappa shape index (κ3) is 5.01. The first kappa shape index (κ1) is 24.7. The lowest BCUT2D eigenvalue weighted by Crippen LogP contribution is -2.26. The number of fused-ring (bicyclic) bond motifs is 1. The summed E-state index contributed by atoms with van der Waals surface area (Å²) in [5.41, 5.74) is 6.29. The number of nitrogens with zero attached hydrogens (tertiary/aromatic N) is 1. The van der Waals surface area contributed by atoms with Gasteiger partial charge in [0, 0.05) is 13.6 Å². The Labute approximate surface area is 206 Å². The Balaban J connectivity index is 1.64.